The highest BCUT2D eigenvalue weighted by molar-refractivity contribution is 5.36. The van der Waals surface area contributed by atoms with Gasteiger partial charge in [0.05, 0.1) is 14.2 Å². The summed E-state index contributed by atoms with van der Waals surface area (Å²) in [6, 6.07) is 15.5. The van der Waals surface area contributed by atoms with Crippen molar-refractivity contribution in [2.75, 3.05) is 14.2 Å². The van der Waals surface area contributed by atoms with Crippen LogP contribution in [0.5, 0.6) is 23.0 Å². The van der Waals surface area contributed by atoms with Crippen molar-refractivity contribution in [3.63, 3.8) is 0 Å². The van der Waals surface area contributed by atoms with Gasteiger partial charge in [-0.15, -0.1) is 0 Å². The van der Waals surface area contributed by atoms with Gasteiger partial charge in [-0.25, -0.2) is 0 Å². The Hall–Kier alpha value is -2.36. The number of hydrogen-bond acceptors (Lipinski definition) is 4. The standard InChI is InChI=1S/C20H22O4/c1-21-15-3-7-17(8-4-15)23-19(11-12-19)20(13-14-20)24-18-9-5-16(22-2)6-10-18/h3-10H,11-14H2,1-2H3. The molecule has 0 amide bonds. The molecule has 2 aliphatic rings. The van der Waals surface area contributed by atoms with Gasteiger partial charge < -0.3 is 18.9 Å². The number of ether oxygens (including phenoxy) is 4. The highest BCUT2D eigenvalue weighted by Gasteiger charge is 2.70. The van der Waals surface area contributed by atoms with E-state index >= 15 is 0 Å². The SMILES string of the molecule is COc1ccc(OC2(C3(Oc4ccc(OC)cc4)CC3)CC2)cc1. The van der Waals surface area contributed by atoms with Gasteiger partial charge in [-0.1, -0.05) is 0 Å². The fourth-order valence-corrected chi connectivity index (χ4v) is 3.27. The molecule has 4 nitrogen and oxygen atoms in total. The third-order valence-electron chi connectivity index (χ3n) is 4.98. The van der Waals surface area contributed by atoms with Gasteiger partial charge in [-0.2, -0.15) is 0 Å². The molecule has 4 rings (SSSR count). The van der Waals surface area contributed by atoms with E-state index < -0.39 is 0 Å². The van der Waals surface area contributed by atoms with Gasteiger partial charge in [0.1, 0.15) is 34.2 Å². The molecule has 0 spiro atoms. The van der Waals surface area contributed by atoms with E-state index in [9.17, 15) is 0 Å². The van der Waals surface area contributed by atoms with Crippen LogP contribution in [0.4, 0.5) is 0 Å². The summed E-state index contributed by atoms with van der Waals surface area (Å²) in [6.07, 6.45) is 4.15. The second kappa shape index (κ2) is 5.62. The molecule has 2 fully saturated rings. The maximum Gasteiger partial charge on any atom is 0.149 e. The van der Waals surface area contributed by atoms with E-state index in [2.05, 4.69) is 0 Å². The van der Waals surface area contributed by atoms with Crippen LogP contribution in [0.2, 0.25) is 0 Å². The second-order valence-electron chi connectivity index (χ2n) is 6.54. The molecule has 2 saturated carbocycles. The van der Waals surface area contributed by atoms with Crippen LogP contribution in [-0.4, -0.2) is 25.4 Å². The molecule has 24 heavy (non-hydrogen) atoms. The maximum absolute atomic E-state index is 6.35. The van der Waals surface area contributed by atoms with E-state index in [0.717, 1.165) is 48.7 Å². The predicted octanol–water partition coefficient (Wildman–Crippen LogP) is 4.23. The van der Waals surface area contributed by atoms with Crippen LogP contribution >= 0.6 is 0 Å². The molecule has 2 aromatic carbocycles. The normalized spacial score (nSPS) is 19.2. The lowest BCUT2D eigenvalue weighted by molar-refractivity contribution is 0.0152. The summed E-state index contributed by atoms with van der Waals surface area (Å²) in [5.41, 5.74) is -0.386. The van der Waals surface area contributed by atoms with Crippen molar-refractivity contribution in [1.29, 1.82) is 0 Å². The summed E-state index contributed by atoms with van der Waals surface area (Å²) in [5, 5.41) is 0. The summed E-state index contributed by atoms with van der Waals surface area (Å²) in [4.78, 5) is 0. The average Bonchev–Trinajstić information content (AvgIpc) is 3.54. The molecule has 0 atom stereocenters. The van der Waals surface area contributed by atoms with E-state index in [0.29, 0.717) is 0 Å². The van der Waals surface area contributed by atoms with E-state index in [-0.39, 0.29) is 11.2 Å². The average molecular weight is 326 g/mol. The minimum absolute atomic E-state index is 0.193. The van der Waals surface area contributed by atoms with Crippen molar-refractivity contribution in [1.82, 2.24) is 0 Å². The number of benzene rings is 2. The number of methoxy groups -OCH3 is 2. The van der Waals surface area contributed by atoms with Gasteiger partial charge in [0.15, 0.2) is 0 Å². The molecular formula is C20H22O4. The molecular weight excluding hydrogens is 304 g/mol. The molecule has 0 bridgehead atoms. The fraction of sp³-hybridized carbons (Fsp3) is 0.400. The molecule has 0 aliphatic heterocycles. The Kier molecular flexibility index (Phi) is 3.56. The van der Waals surface area contributed by atoms with Crippen LogP contribution in [0.25, 0.3) is 0 Å². The fourth-order valence-electron chi connectivity index (χ4n) is 3.27. The summed E-state index contributed by atoms with van der Waals surface area (Å²) in [6.45, 7) is 0. The van der Waals surface area contributed by atoms with Crippen LogP contribution in [-0.2, 0) is 0 Å². The van der Waals surface area contributed by atoms with Crippen LogP contribution in [0.15, 0.2) is 48.5 Å². The zero-order valence-corrected chi connectivity index (χ0v) is 14.1. The molecule has 0 unspecified atom stereocenters. The van der Waals surface area contributed by atoms with Gasteiger partial charge in [-0.05, 0) is 74.2 Å². The molecule has 0 N–H and O–H groups in total. The third-order valence-corrected chi connectivity index (χ3v) is 4.98. The molecule has 0 saturated heterocycles. The van der Waals surface area contributed by atoms with Crippen LogP contribution in [0.3, 0.4) is 0 Å². The molecule has 4 heteroatoms. The summed E-state index contributed by atoms with van der Waals surface area (Å²) < 4.78 is 23.1. The largest absolute Gasteiger partial charge is 0.497 e. The first-order valence-electron chi connectivity index (χ1n) is 8.35. The third kappa shape index (κ3) is 2.66. The lowest BCUT2D eigenvalue weighted by Gasteiger charge is -2.29. The lowest BCUT2D eigenvalue weighted by Crippen LogP contribution is -2.41. The van der Waals surface area contributed by atoms with Crippen molar-refractivity contribution in [2.45, 2.75) is 36.9 Å². The predicted molar refractivity (Wildman–Crippen MR) is 91.2 cm³/mol. The smallest absolute Gasteiger partial charge is 0.149 e. The lowest BCUT2D eigenvalue weighted by atomic mass is 10.1. The maximum atomic E-state index is 6.35. The minimum atomic E-state index is -0.193. The van der Waals surface area contributed by atoms with Gasteiger partial charge in [0, 0.05) is 0 Å². The van der Waals surface area contributed by atoms with Crippen LogP contribution in [0, 0.1) is 0 Å². The first-order valence-corrected chi connectivity index (χ1v) is 8.35. The molecule has 2 aliphatic carbocycles. The topological polar surface area (TPSA) is 36.9 Å². The quantitative estimate of drug-likeness (QED) is 0.763. The van der Waals surface area contributed by atoms with Gasteiger partial charge in [0.2, 0.25) is 0 Å². The van der Waals surface area contributed by atoms with Crippen LogP contribution < -0.4 is 18.9 Å². The van der Waals surface area contributed by atoms with Crippen molar-refractivity contribution in [2.24, 2.45) is 0 Å². The molecule has 126 valence electrons. The first kappa shape index (κ1) is 15.2. The van der Waals surface area contributed by atoms with E-state index in [1.807, 2.05) is 48.5 Å². The highest BCUT2D eigenvalue weighted by Crippen LogP contribution is 2.61. The first-order chi connectivity index (χ1) is 11.7. The Morgan fingerprint density at radius 2 is 0.833 bits per heavy atom. The van der Waals surface area contributed by atoms with Gasteiger partial charge in [0.25, 0.3) is 0 Å². The zero-order chi connectivity index (χ0) is 16.6. The summed E-state index contributed by atoms with van der Waals surface area (Å²) in [5.74, 6) is 3.42. The Morgan fingerprint density at radius 1 is 0.542 bits per heavy atom. The second-order valence-corrected chi connectivity index (χ2v) is 6.54. The molecule has 0 aromatic heterocycles. The highest BCUT2D eigenvalue weighted by atomic mass is 16.6. The van der Waals surface area contributed by atoms with Crippen molar-refractivity contribution >= 4 is 0 Å². The van der Waals surface area contributed by atoms with Crippen molar-refractivity contribution in [3.05, 3.63) is 48.5 Å². The number of rotatable bonds is 7. The molecule has 0 heterocycles. The Labute approximate surface area is 142 Å². The van der Waals surface area contributed by atoms with E-state index in [1.165, 1.54) is 0 Å². The Bertz CT molecular complexity index is 634. The monoisotopic (exact) mass is 326 g/mol. The van der Waals surface area contributed by atoms with Crippen molar-refractivity contribution in [3.8, 4) is 23.0 Å². The minimum Gasteiger partial charge on any atom is -0.497 e. The number of hydrogen-bond donors (Lipinski definition) is 0. The Balaban J connectivity index is 1.48. The zero-order valence-electron chi connectivity index (χ0n) is 14.1. The van der Waals surface area contributed by atoms with E-state index in [1.54, 1.807) is 14.2 Å². The Morgan fingerprint density at radius 3 is 1.08 bits per heavy atom. The summed E-state index contributed by atoms with van der Waals surface area (Å²) in [7, 11) is 3.33. The van der Waals surface area contributed by atoms with Gasteiger partial charge in [-0.3, -0.25) is 0 Å². The van der Waals surface area contributed by atoms with Crippen molar-refractivity contribution < 1.29 is 18.9 Å². The molecule has 0 radical (unpaired) electrons. The van der Waals surface area contributed by atoms with Gasteiger partial charge >= 0.3 is 0 Å². The molecule has 2 aromatic rings. The van der Waals surface area contributed by atoms with E-state index in [4.69, 9.17) is 18.9 Å². The summed E-state index contributed by atoms with van der Waals surface area (Å²) >= 11 is 0. The van der Waals surface area contributed by atoms with Crippen LogP contribution in [0.1, 0.15) is 25.7 Å².